The van der Waals surface area contributed by atoms with Crippen molar-refractivity contribution in [3.05, 3.63) is 24.7 Å². The van der Waals surface area contributed by atoms with Gasteiger partial charge in [0.25, 0.3) is 5.92 Å². The van der Waals surface area contributed by atoms with Crippen molar-refractivity contribution in [1.29, 1.82) is 0 Å². The topological polar surface area (TPSA) is 147 Å². The first-order valence-electron chi connectivity index (χ1n) is 13.4. The van der Waals surface area contributed by atoms with Crippen LogP contribution < -0.4 is 25.6 Å². The third-order valence-electron chi connectivity index (χ3n) is 6.25. The average Bonchev–Trinajstić information content (AvgIpc) is 2.95. The number of anilines is 3. The van der Waals surface area contributed by atoms with Crippen molar-refractivity contribution in [2.45, 2.75) is 58.1 Å². The van der Waals surface area contributed by atoms with E-state index in [1.54, 1.807) is 11.8 Å². The van der Waals surface area contributed by atoms with E-state index in [2.05, 4.69) is 35.9 Å². The van der Waals surface area contributed by atoms with Crippen molar-refractivity contribution in [3.63, 3.8) is 0 Å². The molecule has 1 atom stereocenters. The van der Waals surface area contributed by atoms with E-state index in [1.807, 2.05) is 13.8 Å². The minimum atomic E-state index is -3.15. The summed E-state index contributed by atoms with van der Waals surface area (Å²) in [6.07, 6.45) is 4.13. The number of amides is 3. The summed E-state index contributed by atoms with van der Waals surface area (Å²) in [5, 5.41) is 8.24. The van der Waals surface area contributed by atoms with E-state index in [-0.39, 0.29) is 42.7 Å². The van der Waals surface area contributed by atoms with E-state index in [0.29, 0.717) is 6.61 Å². The van der Waals surface area contributed by atoms with Crippen LogP contribution in [0.2, 0.25) is 0 Å². The number of carbonyl (C=O) groups is 2. The highest BCUT2D eigenvalue weighted by atomic mass is 19.3. The van der Waals surface area contributed by atoms with E-state index in [1.165, 1.54) is 31.7 Å². The maximum Gasteiger partial charge on any atom is 0.413 e. The Kier molecular flexibility index (Phi) is 11.1. The molecule has 4 heterocycles. The van der Waals surface area contributed by atoms with Crippen molar-refractivity contribution < 1.29 is 27.8 Å². The molecular formula is C25H37F2N9O4. The molecule has 0 aromatic carbocycles. The predicted octanol–water partition coefficient (Wildman–Crippen LogP) is 3.37. The van der Waals surface area contributed by atoms with Crippen molar-refractivity contribution in [3.8, 4) is 5.88 Å². The van der Waals surface area contributed by atoms with Gasteiger partial charge in [0.1, 0.15) is 18.0 Å². The number of alkyl halides is 2. The highest BCUT2D eigenvalue weighted by Gasteiger charge is 2.48. The summed E-state index contributed by atoms with van der Waals surface area (Å²) < 4.78 is 40.4. The summed E-state index contributed by atoms with van der Waals surface area (Å²) in [5.74, 6) is -2.44. The Morgan fingerprint density at radius 1 is 1.15 bits per heavy atom. The number of aromatic nitrogens is 4. The van der Waals surface area contributed by atoms with Gasteiger partial charge in [-0.25, -0.2) is 33.3 Å². The lowest BCUT2D eigenvalue weighted by atomic mass is 10.00. The zero-order valence-electron chi connectivity index (χ0n) is 23.2. The first-order valence-corrected chi connectivity index (χ1v) is 13.4. The van der Waals surface area contributed by atoms with Crippen molar-refractivity contribution in [2.75, 3.05) is 55.4 Å². The maximum absolute atomic E-state index is 14.9. The number of likely N-dealkylation sites (N-methyl/N-ethyl adjacent to an activating group) is 1. The van der Waals surface area contributed by atoms with Crippen LogP contribution in [-0.2, 0) is 4.74 Å². The van der Waals surface area contributed by atoms with E-state index >= 15 is 0 Å². The third kappa shape index (κ3) is 8.31. The molecule has 2 fully saturated rings. The van der Waals surface area contributed by atoms with E-state index in [4.69, 9.17) is 9.47 Å². The van der Waals surface area contributed by atoms with E-state index in [9.17, 15) is 18.4 Å². The summed E-state index contributed by atoms with van der Waals surface area (Å²) >= 11 is 0. The molecule has 2 saturated heterocycles. The normalized spacial score (nSPS) is 18.6. The number of hydrogen-bond acceptors (Lipinski definition) is 10. The van der Waals surface area contributed by atoms with Crippen molar-refractivity contribution in [1.82, 2.24) is 30.2 Å². The number of halogens is 2. The molecule has 3 amide bonds. The zero-order valence-corrected chi connectivity index (χ0v) is 23.2. The molecule has 0 radical (unpaired) electrons. The molecule has 1 unspecified atom stereocenters. The van der Waals surface area contributed by atoms with Crippen molar-refractivity contribution in [2.24, 2.45) is 0 Å². The van der Waals surface area contributed by atoms with Gasteiger partial charge in [0.2, 0.25) is 11.8 Å². The summed E-state index contributed by atoms with van der Waals surface area (Å²) in [6.45, 7) is 7.48. The van der Waals surface area contributed by atoms with Gasteiger partial charge in [-0.15, -0.1) is 0 Å². The Labute approximate surface area is 232 Å². The van der Waals surface area contributed by atoms with Crippen LogP contribution in [0, 0.1) is 0 Å². The number of carbonyl (C=O) groups excluding carboxylic acids is 2. The minimum Gasteiger partial charge on any atom is -0.477 e. The molecule has 0 aliphatic carbocycles. The number of ether oxygens (including phenoxy) is 2. The monoisotopic (exact) mass is 565 g/mol. The number of piperidine rings is 2. The van der Waals surface area contributed by atoms with Crippen LogP contribution in [0.3, 0.4) is 0 Å². The maximum atomic E-state index is 14.9. The molecule has 220 valence electrons. The van der Waals surface area contributed by atoms with Crippen LogP contribution in [-0.4, -0.2) is 94.9 Å². The second kappa shape index (κ2) is 14.5. The Morgan fingerprint density at radius 2 is 1.90 bits per heavy atom. The molecule has 0 bridgehead atoms. The van der Waals surface area contributed by atoms with Gasteiger partial charge >= 0.3 is 12.1 Å². The predicted molar refractivity (Wildman–Crippen MR) is 145 cm³/mol. The first-order chi connectivity index (χ1) is 19.2. The van der Waals surface area contributed by atoms with Crippen LogP contribution in [0.25, 0.3) is 0 Å². The summed E-state index contributed by atoms with van der Waals surface area (Å²) in [6, 6.07) is -0.760. The number of hydrogen-bond donors (Lipinski definition) is 3. The van der Waals surface area contributed by atoms with Crippen LogP contribution >= 0.6 is 0 Å². The van der Waals surface area contributed by atoms with Gasteiger partial charge in [-0.3, -0.25) is 10.6 Å². The molecule has 40 heavy (non-hydrogen) atoms. The Balaban J connectivity index is 0.00000216. The standard InChI is InChI=1S/C23H31F2N9O4.C2H6/c1-3-37-19-13-28-18(12-29-19)31-21(35)33(2)16-14-34(11-7-23(16,24)25)20-27-10-6-17(30-20)32-22(36)38-15-4-8-26-9-5-15;1-2/h6,10,12-13,15-16,26H,3-5,7-9,11,14H2,1-2H3,(H,28,31,35)(H,27,30,32,36);1-2H3. The van der Waals surface area contributed by atoms with Gasteiger partial charge in [-0.2, -0.15) is 4.98 Å². The largest absolute Gasteiger partial charge is 0.477 e. The molecule has 0 saturated carbocycles. The zero-order chi connectivity index (χ0) is 29.1. The smallest absolute Gasteiger partial charge is 0.413 e. The second-order valence-electron chi connectivity index (χ2n) is 8.91. The highest BCUT2D eigenvalue weighted by Crippen LogP contribution is 2.33. The second-order valence-corrected chi connectivity index (χ2v) is 8.91. The molecule has 2 aromatic rings. The Hall–Kier alpha value is -3.88. The van der Waals surface area contributed by atoms with E-state index < -0.39 is 30.5 Å². The van der Waals surface area contributed by atoms with Gasteiger partial charge in [0.05, 0.1) is 19.0 Å². The van der Waals surface area contributed by atoms with Crippen molar-refractivity contribution >= 4 is 29.7 Å². The molecule has 0 spiro atoms. The van der Waals surface area contributed by atoms with Crippen LogP contribution in [0.4, 0.5) is 36.0 Å². The van der Waals surface area contributed by atoms with Crippen LogP contribution in [0.1, 0.15) is 40.0 Å². The molecule has 2 aliphatic heterocycles. The lowest BCUT2D eigenvalue weighted by Gasteiger charge is -2.42. The molecule has 2 aliphatic rings. The van der Waals surface area contributed by atoms with Crippen LogP contribution in [0.15, 0.2) is 24.7 Å². The fraction of sp³-hybridized carbons (Fsp3) is 0.600. The first kappa shape index (κ1) is 30.7. The van der Waals surface area contributed by atoms with Gasteiger partial charge < -0.3 is 24.6 Å². The van der Waals surface area contributed by atoms with Gasteiger partial charge in [-0.1, -0.05) is 13.8 Å². The molecule has 15 heteroatoms. The third-order valence-corrected chi connectivity index (χ3v) is 6.25. The molecule has 3 N–H and O–H groups in total. The lowest BCUT2D eigenvalue weighted by molar-refractivity contribution is -0.0760. The molecule has 2 aromatic heterocycles. The highest BCUT2D eigenvalue weighted by molar-refractivity contribution is 5.88. The fourth-order valence-electron chi connectivity index (χ4n) is 4.18. The number of nitrogens with one attached hydrogen (secondary N) is 3. The van der Waals surface area contributed by atoms with Gasteiger partial charge in [-0.05, 0) is 38.9 Å². The number of nitrogens with zero attached hydrogens (tertiary/aromatic N) is 6. The molecular weight excluding hydrogens is 528 g/mol. The van der Waals surface area contributed by atoms with Gasteiger partial charge in [0.15, 0.2) is 5.82 Å². The molecule has 4 rings (SSSR count). The number of rotatable bonds is 7. The number of urea groups is 1. The summed E-state index contributed by atoms with van der Waals surface area (Å²) in [5.41, 5.74) is 0. The minimum absolute atomic E-state index is 0.0354. The lowest BCUT2D eigenvalue weighted by Crippen LogP contribution is -2.60. The van der Waals surface area contributed by atoms with Gasteiger partial charge in [0, 0.05) is 32.8 Å². The fourth-order valence-corrected chi connectivity index (χ4v) is 4.18. The summed E-state index contributed by atoms with van der Waals surface area (Å²) in [4.78, 5) is 44.0. The molecule has 13 nitrogen and oxygen atoms in total. The quantitative estimate of drug-likeness (QED) is 0.457. The van der Waals surface area contributed by atoms with E-state index in [0.717, 1.165) is 30.8 Å². The Morgan fingerprint density at radius 3 is 2.58 bits per heavy atom. The average molecular weight is 566 g/mol. The summed E-state index contributed by atoms with van der Waals surface area (Å²) in [7, 11) is 1.29. The van der Waals surface area contributed by atoms with Crippen LogP contribution in [0.5, 0.6) is 5.88 Å². The Bertz CT molecular complexity index is 1100. The SMILES string of the molecule is CC.CCOc1cnc(NC(=O)N(C)C2CN(c3nccc(NC(=O)OC4CCNCC4)n3)CCC2(F)F)cn1.